The predicted molar refractivity (Wildman–Crippen MR) is 73.5 cm³/mol. The Kier molecular flexibility index (Phi) is 3.96. The highest BCUT2D eigenvalue weighted by Crippen LogP contribution is 2.27. The van der Waals surface area contributed by atoms with Gasteiger partial charge in [0.2, 0.25) is 0 Å². The van der Waals surface area contributed by atoms with Crippen LogP contribution < -0.4 is 5.73 Å². The molecule has 2 N–H and O–H groups in total. The first kappa shape index (κ1) is 12.6. The number of rotatable bonds is 3. The van der Waals surface area contributed by atoms with Crippen molar-refractivity contribution in [2.75, 3.05) is 0 Å². The average molecular weight is 241 g/mol. The van der Waals surface area contributed by atoms with E-state index in [0.29, 0.717) is 5.39 Å². The van der Waals surface area contributed by atoms with Gasteiger partial charge in [0.05, 0.1) is 0 Å². The highest BCUT2D eigenvalue weighted by Gasteiger charge is 2.11. The van der Waals surface area contributed by atoms with Gasteiger partial charge in [0.1, 0.15) is 5.82 Å². The zero-order chi connectivity index (χ0) is 13.0. The molecule has 2 heteroatoms. The largest absolute Gasteiger partial charge is 0.324 e. The van der Waals surface area contributed by atoms with Crippen molar-refractivity contribution < 1.29 is 4.39 Å². The normalized spacial score (nSPS) is 11.9. The monoisotopic (exact) mass is 241 g/mol. The van der Waals surface area contributed by atoms with Crippen LogP contribution in [0.3, 0.4) is 0 Å². The Morgan fingerprint density at radius 2 is 1.89 bits per heavy atom. The van der Waals surface area contributed by atoms with Crippen LogP contribution in [0.2, 0.25) is 0 Å². The van der Waals surface area contributed by atoms with Crippen LogP contribution in [0.15, 0.2) is 36.4 Å². The maximum Gasteiger partial charge on any atom is 0.131 e. The van der Waals surface area contributed by atoms with Crippen molar-refractivity contribution >= 4 is 10.8 Å². The van der Waals surface area contributed by atoms with E-state index in [1.54, 1.807) is 12.1 Å². The molecule has 0 heterocycles. The van der Waals surface area contributed by atoms with Crippen molar-refractivity contribution in [3.63, 3.8) is 0 Å². The molecule has 1 unspecified atom stereocenters. The van der Waals surface area contributed by atoms with E-state index in [9.17, 15) is 4.39 Å². The van der Waals surface area contributed by atoms with Gasteiger partial charge in [-0.15, -0.1) is 11.8 Å². The maximum atomic E-state index is 13.7. The molecule has 0 aliphatic heterocycles. The Labute approximate surface area is 107 Å². The Hall–Kier alpha value is -1.85. The second-order valence-electron chi connectivity index (χ2n) is 4.25. The van der Waals surface area contributed by atoms with Gasteiger partial charge in [0.15, 0.2) is 0 Å². The molecule has 0 aliphatic rings. The van der Waals surface area contributed by atoms with E-state index >= 15 is 0 Å². The number of nitrogens with two attached hydrogens (primary N) is 1. The second-order valence-corrected chi connectivity index (χ2v) is 4.25. The van der Waals surface area contributed by atoms with Gasteiger partial charge in [0.25, 0.3) is 0 Å². The first-order valence-corrected chi connectivity index (χ1v) is 6.06. The molecule has 2 rings (SSSR count). The van der Waals surface area contributed by atoms with Crippen LogP contribution >= 0.6 is 0 Å². The molecule has 0 amide bonds. The first-order valence-electron chi connectivity index (χ1n) is 6.06. The summed E-state index contributed by atoms with van der Waals surface area (Å²) < 4.78 is 13.7. The lowest BCUT2D eigenvalue weighted by Crippen LogP contribution is -2.10. The van der Waals surface area contributed by atoms with Gasteiger partial charge in [0, 0.05) is 17.8 Å². The van der Waals surface area contributed by atoms with Crippen molar-refractivity contribution in [2.24, 2.45) is 5.73 Å². The van der Waals surface area contributed by atoms with Gasteiger partial charge in [-0.25, -0.2) is 4.39 Å². The van der Waals surface area contributed by atoms with Crippen LogP contribution in [0.4, 0.5) is 4.39 Å². The Bertz CT molecular complexity index is 607. The molecule has 0 bridgehead atoms. The number of fused-ring (bicyclic) bond motifs is 1. The predicted octanol–water partition coefficient (Wildman–Crippen LogP) is 3.78. The third-order valence-electron chi connectivity index (χ3n) is 3.06. The van der Waals surface area contributed by atoms with Gasteiger partial charge >= 0.3 is 0 Å². The quantitative estimate of drug-likeness (QED) is 0.813. The van der Waals surface area contributed by atoms with Gasteiger partial charge in [-0.3, -0.25) is 0 Å². The number of hydrogen-bond donors (Lipinski definition) is 1. The Balaban J connectivity index is 2.38. The Morgan fingerprint density at radius 1 is 1.17 bits per heavy atom. The van der Waals surface area contributed by atoms with Crippen molar-refractivity contribution in [2.45, 2.75) is 25.8 Å². The summed E-state index contributed by atoms with van der Waals surface area (Å²) in [6.07, 6.45) is 1.56. The Morgan fingerprint density at radius 3 is 2.61 bits per heavy atom. The molecule has 1 nitrogen and oxygen atoms in total. The van der Waals surface area contributed by atoms with Crippen LogP contribution in [0.1, 0.15) is 31.4 Å². The SMILES string of the molecule is CC#CCCC(N)c1ccc(F)c2ccccc12. The molecule has 2 aromatic carbocycles. The molecule has 18 heavy (non-hydrogen) atoms. The molecule has 0 saturated carbocycles. The van der Waals surface area contributed by atoms with E-state index in [2.05, 4.69) is 11.8 Å². The fourth-order valence-corrected chi connectivity index (χ4v) is 2.12. The zero-order valence-corrected chi connectivity index (χ0v) is 10.4. The fraction of sp³-hybridized carbons (Fsp3) is 0.250. The van der Waals surface area contributed by atoms with Crippen molar-refractivity contribution in [1.82, 2.24) is 0 Å². The molecule has 0 aliphatic carbocycles. The van der Waals surface area contributed by atoms with E-state index in [0.717, 1.165) is 23.8 Å². The summed E-state index contributed by atoms with van der Waals surface area (Å²) in [5, 5.41) is 1.53. The highest BCUT2D eigenvalue weighted by molar-refractivity contribution is 5.86. The number of benzene rings is 2. The van der Waals surface area contributed by atoms with E-state index in [-0.39, 0.29) is 11.9 Å². The van der Waals surface area contributed by atoms with Gasteiger partial charge in [-0.05, 0) is 30.4 Å². The molecule has 0 fully saturated rings. The average Bonchev–Trinajstić information content (AvgIpc) is 2.39. The van der Waals surface area contributed by atoms with E-state index in [4.69, 9.17) is 5.73 Å². The molecule has 0 saturated heterocycles. The molecular weight excluding hydrogens is 225 g/mol. The summed E-state index contributed by atoms with van der Waals surface area (Å²) >= 11 is 0. The van der Waals surface area contributed by atoms with Crippen LogP contribution in [0.5, 0.6) is 0 Å². The lowest BCUT2D eigenvalue weighted by atomic mass is 9.96. The smallest absolute Gasteiger partial charge is 0.131 e. The number of halogens is 1. The lowest BCUT2D eigenvalue weighted by molar-refractivity contribution is 0.635. The van der Waals surface area contributed by atoms with Crippen LogP contribution in [0.25, 0.3) is 10.8 Å². The minimum Gasteiger partial charge on any atom is -0.324 e. The summed E-state index contributed by atoms with van der Waals surface area (Å²) in [4.78, 5) is 0. The van der Waals surface area contributed by atoms with E-state index in [1.807, 2.05) is 25.1 Å². The van der Waals surface area contributed by atoms with Crippen molar-refractivity contribution in [1.29, 1.82) is 0 Å². The fourth-order valence-electron chi connectivity index (χ4n) is 2.12. The number of hydrogen-bond acceptors (Lipinski definition) is 1. The van der Waals surface area contributed by atoms with Gasteiger partial charge in [-0.1, -0.05) is 30.3 Å². The standard InChI is InChI=1S/C16H16FN/c1-2-3-4-9-16(18)14-10-11-15(17)13-8-6-5-7-12(13)14/h5-8,10-11,16H,4,9,18H2,1H3. The van der Waals surface area contributed by atoms with E-state index < -0.39 is 0 Å². The molecule has 1 atom stereocenters. The molecule has 0 radical (unpaired) electrons. The van der Waals surface area contributed by atoms with E-state index in [1.165, 1.54) is 6.07 Å². The third kappa shape index (κ3) is 2.52. The minimum absolute atomic E-state index is 0.101. The molecule has 0 aromatic heterocycles. The second kappa shape index (κ2) is 5.66. The van der Waals surface area contributed by atoms with Crippen LogP contribution in [-0.4, -0.2) is 0 Å². The zero-order valence-electron chi connectivity index (χ0n) is 10.4. The van der Waals surface area contributed by atoms with Gasteiger partial charge in [-0.2, -0.15) is 0 Å². The highest BCUT2D eigenvalue weighted by atomic mass is 19.1. The molecule has 2 aromatic rings. The lowest BCUT2D eigenvalue weighted by Gasteiger charge is -2.14. The first-order chi connectivity index (χ1) is 8.74. The van der Waals surface area contributed by atoms with Crippen molar-refractivity contribution in [3.8, 4) is 11.8 Å². The summed E-state index contributed by atoms with van der Waals surface area (Å²) in [5.74, 6) is 5.66. The maximum absolute atomic E-state index is 13.7. The minimum atomic E-state index is -0.199. The molecular formula is C16H16FN. The summed E-state index contributed by atoms with van der Waals surface area (Å²) in [6, 6.07) is 10.6. The third-order valence-corrected chi connectivity index (χ3v) is 3.06. The summed E-state index contributed by atoms with van der Waals surface area (Å²) in [6.45, 7) is 1.82. The summed E-state index contributed by atoms with van der Waals surface area (Å²) in [7, 11) is 0. The summed E-state index contributed by atoms with van der Waals surface area (Å²) in [5.41, 5.74) is 7.15. The van der Waals surface area contributed by atoms with Crippen molar-refractivity contribution in [3.05, 3.63) is 47.8 Å². The van der Waals surface area contributed by atoms with Crippen LogP contribution in [0, 0.1) is 17.7 Å². The molecule has 0 spiro atoms. The van der Waals surface area contributed by atoms with Crippen LogP contribution in [-0.2, 0) is 0 Å². The molecule has 92 valence electrons. The topological polar surface area (TPSA) is 26.0 Å². The van der Waals surface area contributed by atoms with Gasteiger partial charge < -0.3 is 5.73 Å².